The Kier molecular flexibility index (Phi) is 4.00. The third-order valence-electron chi connectivity index (χ3n) is 3.37. The highest BCUT2D eigenvalue weighted by Crippen LogP contribution is 2.37. The lowest BCUT2D eigenvalue weighted by Crippen LogP contribution is -2.28. The molecule has 22 heavy (non-hydrogen) atoms. The van der Waals surface area contributed by atoms with E-state index in [-0.39, 0.29) is 11.7 Å². The van der Waals surface area contributed by atoms with Crippen LogP contribution in [0.25, 0.3) is 6.08 Å². The summed E-state index contributed by atoms with van der Waals surface area (Å²) in [7, 11) is 0. The van der Waals surface area contributed by atoms with Crippen LogP contribution in [0, 0.1) is 6.92 Å². The number of thiocarbonyl (C=S) groups is 1. The van der Waals surface area contributed by atoms with Crippen LogP contribution in [0.4, 0.5) is 5.69 Å². The first-order valence-electron chi connectivity index (χ1n) is 6.69. The smallest absolute Gasteiger partial charge is 0.270 e. The number of hydrogen-bond acceptors (Lipinski definition) is 4. The van der Waals surface area contributed by atoms with Gasteiger partial charge in [-0.25, -0.2) is 0 Å². The van der Waals surface area contributed by atoms with Crippen LogP contribution < -0.4 is 4.90 Å². The highest BCUT2D eigenvalue weighted by atomic mass is 32.2. The average molecular weight is 327 g/mol. The van der Waals surface area contributed by atoms with Crippen LogP contribution in [-0.4, -0.2) is 15.3 Å². The molecular formula is C17H13NO2S2. The number of nitrogens with zero attached hydrogens (tertiary/aromatic N) is 1. The minimum absolute atomic E-state index is 0.142. The quantitative estimate of drug-likeness (QED) is 0.666. The number of aromatic hydroxyl groups is 1. The number of aryl methyl sites for hydroxylation is 1. The van der Waals surface area contributed by atoms with Crippen molar-refractivity contribution in [2.24, 2.45) is 0 Å². The molecule has 1 amide bonds. The molecule has 0 radical (unpaired) electrons. The molecule has 0 aliphatic carbocycles. The topological polar surface area (TPSA) is 40.5 Å². The number of carbonyl (C=O) groups excluding carboxylic acids is 1. The summed E-state index contributed by atoms with van der Waals surface area (Å²) in [6.45, 7) is 1.95. The van der Waals surface area contributed by atoms with Gasteiger partial charge in [-0.3, -0.25) is 9.69 Å². The van der Waals surface area contributed by atoms with Crippen LogP contribution >= 0.6 is 24.0 Å². The Morgan fingerprint density at radius 2 is 1.82 bits per heavy atom. The van der Waals surface area contributed by atoms with Crippen molar-refractivity contribution >= 4 is 46.0 Å². The fraction of sp³-hybridized carbons (Fsp3) is 0.0588. The van der Waals surface area contributed by atoms with Crippen LogP contribution in [0.15, 0.2) is 53.4 Å². The fourth-order valence-corrected chi connectivity index (χ4v) is 3.52. The maximum atomic E-state index is 12.7. The molecule has 110 valence electrons. The maximum Gasteiger partial charge on any atom is 0.270 e. The lowest BCUT2D eigenvalue weighted by Gasteiger charge is -2.16. The van der Waals surface area contributed by atoms with Crippen molar-refractivity contribution in [1.29, 1.82) is 0 Å². The standard InChI is InChI=1S/C17H13NO2S2/c1-11-6-2-4-8-13(11)18-16(20)15(22-17(18)21)10-12-7-3-5-9-14(12)19/h2-10,19H,1H3/b15-10-. The molecule has 5 heteroatoms. The first-order chi connectivity index (χ1) is 10.6. The number of phenols is 1. The highest BCUT2D eigenvalue weighted by Gasteiger charge is 2.34. The molecule has 1 aliphatic heterocycles. The number of anilines is 1. The SMILES string of the molecule is Cc1ccccc1N1C(=O)/C(=C/c2ccccc2O)SC1=S. The molecule has 3 rings (SSSR count). The van der Waals surface area contributed by atoms with Crippen LogP contribution in [-0.2, 0) is 4.79 Å². The van der Waals surface area contributed by atoms with E-state index in [9.17, 15) is 9.90 Å². The molecular weight excluding hydrogens is 314 g/mol. The van der Waals surface area contributed by atoms with Crippen LogP contribution in [0.1, 0.15) is 11.1 Å². The molecule has 3 nitrogen and oxygen atoms in total. The van der Waals surface area contributed by atoms with Gasteiger partial charge in [-0.05, 0) is 30.7 Å². The number of para-hydroxylation sites is 2. The van der Waals surface area contributed by atoms with E-state index in [2.05, 4.69) is 0 Å². The molecule has 1 N–H and O–H groups in total. The third kappa shape index (κ3) is 2.65. The summed E-state index contributed by atoms with van der Waals surface area (Å²) >= 11 is 6.60. The molecule has 0 unspecified atom stereocenters. The van der Waals surface area contributed by atoms with Gasteiger partial charge in [0.2, 0.25) is 0 Å². The van der Waals surface area contributed by atoms with Gasteiger partial charge < -0.3 is 5.11 Å². The van der Waals surface area contributed by atoms with E-state index in [4.69, 9.17) is 12.2 Å². The Balaban J connectivity index is 1.99. The van der Waals surface area contributed by atoms with E-state index in [1.807, 2.05) is 37.3 Å². The summed E-state index contributed by atoms with van der Waals surface area (Å²) in [5.41, 5.74) is 2.39. The Bertz CT molecular complexity index is 799. The molecule has 1 heterocycles. The molecule has 2 aromatic rings. The minimum atomic E-state index is -0.160. The van der Waals surface area contributed by atoms with Crippen molar-refractivity contribution in [1.82, 2.24) is 0 Å². The van der Waals surface area contributed by atoms with Gasteiger partial charge in [0.25, 0.3) is 5.91 Å². The predicted octanol–water partition coefficient (Wildman–Crippen LogP) is 4.11. The normalized spacial score (nSPS) is 16.6. The van der Waals surface area contributed by atoms with Crippen molar-refractivity contribution < 1.29 is 9.90 Å². The highest BCUT2D eigenvalue weighted by molar-refractivity contribution is 8.27. The lowest BCUT2D eigenvalue weighted by atomic mass is 10.1. The molecule has 0 saturated carbocycles. The minimum Gasteiger partial charge on any atom is -0.507 e. The monoisotopic (exact) mass is 327 g/mol. The van der Waals surface area contributed by atoms with Crippen molar-refractivity contribution in [3.8, 4) is 5.75 Å². The number of amides is 1. The van der Waals surface area contributed by atoms with Gasteiger partial charge in [-0.2, -0.15) is 0 Å². The molecule has 0 aromatic heterocycles. The van der Waals surface area contributed by atoms with Crippen LogP contribution in [0.3, 0.4) is 0 Å². The zero-order chi connectivity index (χ0) is 15.7. The van der Waals surface area contributed by atoms with Crippen LogP contribution in [0.5, 0.6) is 5.75 Å². The molecule has 1 saturated heterocycles. The zero-order valence-electron chi connectivity index (χ0n) is 11.8. The van der Waals surface area contributed by atoms with Crippen molar-refractivity contribution in [3.63, 3.8) is 0 Å². The Labute approximate surface area is 138 Å². The Morgan fingerprint density at radius 3 is 2.55 bits per heavy atom. The first kappa shape index (κ1) is 14.8. The van der Waals surface area contributed by atoms with Crippen molar-refractivity contribution in [2.45, 2.75) is 6.92 Å². The maximum absolute atomic E-state index is 12.7. The number of hydrogen-bond donors (Lipinski definition) is 1. The predicted molar refractivity (Wildman–Crippen MR) is 94.9 cm³/mol. The second-order valence-electron chi connectivity index (χ2n) is 4.86. The molecule has 2 aromatic carbocycles. The number of benzene rings is 2. The van der Waals surface area contributed by atoms with Gasteiger partial charge in [0.15, 0.2) is 4.32 Å². The van der Waals surface area contributed by atoms with Gasteiger partial charge in [-0.15, -0.1) is 0 Å². The number of phenolic OH excluding ortho intramolecular Hbond substituents is 1. The second kappa shape index (κ2) is 5.94. The molecule has 0 bridgehead atoms. The number of carbonyl (C=O) groups is 1. The van der Waals surface area contributed by atoms with E-state index >= 15 is 0 Å². The van der Waals surface area contributed by atoms with Gasteiger partial charge in [0, 0.05) is 5.56 Å². The first-order valence-corrected chi connectivity index (χ1v) is 7.92. The zero-order valence-corrected chi connectivity index (χ0v) is 13.4. The molecule has 1 fully saturated rings. The summed E-state index contributed by atoms with van der Waals surface area (Å²) in [4.78, 5) is 14.7. The number of rotatable bonds is 2. The lowest BCUT2D eigenvalue weighted by molar-refractivity contribution is -0.113. The van der Waals surface area contributed by atoms with Crippen molar-refractivity contribution in [3.05, 3.63) is 64.6 Å². The van der Waals surface area contributed by atoms with Crippen molar-refractivity contribution in [2.75, 3.05) is 4.90 Å². The van der Waals surface area contributed by atoms with Gasteiger partial charge in [0.05, 0.1) is 10.6 Å². The van der Waals surface area contributed by atoms with Gasteiger partial charge >= 0.3 is 0 Å². The number of thioether (sulfide) groups is 1. The van der Waals surface area contributed by atoms with E-state index in [0.717, 1.165) is 11.3 Å². The summed E-state index contributed by atoms with van der Waals surface area (Å²) in [6.07, 6.45) is 1.67. The van der Waals surface area contributed by atoms with E-state index in [1.54, 1.807) is 29.2 Å². The summed E-state index contributed by atoms with van der Waals surface area (Å²) in [6, 6.07) is 14.5. The summed E-state index contributed by atoms with van der Waals surface area (Å²) in [5.74, 6) is -0.0174. The van der Waals surface area contributed by atoms with Crippen LogP contribution in [0.2, 0.25) is 0 Å². The Hall–Kier alpha value is -2.11. The van der Waals surface area contributed by atoms with E-state index < -0.39 is 0 Å². The molecule has 1 aliphatic rings. The average Bonchev–Trinajstić information content (AvgIpc) is 2.77. The van der Waals surface area contributed by atoms with E-state index in [1.165, 1.54) is 11.8 Å². The van der Waals surface area contributed by atoms with E-state index in [0.29, 0.717) is 14.8 Å². The Morgan fingerprint density at radius 1 is 1.14 bits per heavy atom. The molecule has 0 spiro atoms. The summed E-state index contributed by atoms with van der Waals surface area (Å²) in [5, 5.41) is 9.84. The van der Waals surface area contributed by atoms with Gasteiger partial charge in [-0.1, -0.05) is 60.4 Å². The molecule has 0 atom stereocenters. The third-order valence-corrected chi connectivity index (χ3v) is 4.68. The van der Waals surface area contributed by atoms with Gasteiger partial charge in [0.1, 0.15) is 5.75 Å². The summed E-state index contributed by atoms with van der Waals surface area (Å²) < 4.78 is 0.501. The second-order valence-corrected chi connectivity index (χ2v) is 6.54. The largest absolute Gasteiger partial charge is 0.507 e. The fourth-order valence-electron chi connectivity index (χ4n) is 2.24.